The first-order valence-electron chi connectivity index (χ1n) is 8.05. The van der Waals surface area contributed by atoms with Crippen LogP contribution in [0.4, 0.5) is 5.69 Å². The molecule has 2 N–H and O–H groups in total. The minimum atomic E-state index is -0.123. The van der Waals surface area contributed by atoms with E-state index in [1.54, 1.807) is 24.3 Å². The summed E-state index contributed by atoms with van der Waals surface area (Å²) in [5.74, 6) is 0.578. The minimum Gasteiger partial charge on any atom is -0.494 e. The van der Waals surface area contributed by atoms with Crippen molar-refractivity contribution in [2.75, 3.05) is 18.5 Å². The van der Waals surface area contributed by atoms with Gasteiger partial charge in [-0.05, 0) is 49.7 Å². The van der Waals surface area contributed by atoms with Crippen molar-refractivity contribution in [1.82, 2.24) is 5.32 Å². The van der Waals surface area contributed by atoms with E-state index in [-0.39, 0.29) is 11.8 Å². The number of hydrogen-bond acceptors (Lipinski definition) is 3. The van der Waals surface area contributed by atoms with Crippen molar-refractivity contribution in [3.05, 3.63) is 60.2 Å². The molecule has 2 amide bonds. The number of nitrogens with one attached hydrogen (secondary N) is 2. The highest BCUT2D eigenvalue weighted by Gasteiger charge is 2.05. The van der Waals surface area contributed by atoms with E-state index in [9.17, 15) is 9.59 Å². The van der Waals surface area contributed by atoms with Gasteiger partial charge >= 0.3 is 0 Å². The van der Waals surface area contributed by atoms with Crippen LogP contribution in [-0.4, -0.2) is 25.0 Å². The number of hydrogen-bond donors (Lipinski definition) is 2. The molecule has 24 heavy (non-hydrogen) atoms. The summed E-state index contributed by atoms with van der Waals surface area (Å²) in [6, 6.07) is 16.3. The summed E-state index contributed by atoms with van der Waals surface area (Å²) in [6.07, 6.45) is 0.934. The highest BCUT2D eigenvalue weighted by Crippen LogP contribution is 2.15. The van der Waals surface area contributed by atoms with Crippen molar-refractivity contribution < 1.29 is 14.3 Å². The van der Waals surface area contributed by atoms with Crippen molar-refractivity contribution >= 4 is 17.5 Å². The smallest absolute Gasteiger partial charge is 0.251 e. The van der Waals surface area contributed by atoms with Crippen LogP contribution in [0.3, 0.4) is 0 Å². The van der Waals surface area contributed by atoms with Gasteiger partial charge < -0.3 is 15.4 Å². The molecule has 0 saturated heterocycles. The summed E-state index contributed by atoms with van der Waals surface area (Å²) >= 11 is 0. The fourth-order valence-corrected chi connectivity index (χ4v) is 2.17. The monoisotopic (exact) mass is 326 g/mol. The largest absolute Gasteiger partial charge is 0.494 e. The lowest BCUT2D eigenvalue weighted by molar-refractivity contribution is -0.116. The van der Waals surface area contributed by atoms with Crippen LogP contribution in [0.1, 0.15) is 30.1 Å². The molecule has 0 saturated carbocycles. The first kappa shape index (κ1) is 17.5. The molecule has 0 bridgehead atoms. The maximum Gasteiger partial charge on any atom is 0.251 e. The van der Waals surface area contributed by atoms with E-state index in [1.807, 2.05) is 37.3 Å². The third-order valence-electron chi connectivity index (χ3n) is 3.35. The maximum atomic E-state index is 11.9. The molecular weight excluding hydrogens is 304 g/mol. The molecular formula is C19H22N2O3. The second kappa shape index (κ2) is 9.35. The lowest BCUT2D eigenvalue weighted by Gasteiger charge is -2.08. The fourth-order valence-electron chi connectivity index (χ4n) is 2.17. The zero-order valence-electron chi connectivity index (χ0n) is 13.7. The molecule has 5 nitrogen and oxygen atoms in total. The highest BCUT2D eigenvalue weighted by atomic mass is 16.5. The van der Waals surface area contributed by atoms with Gasteiger partial charge in [-0.1, -0.05) is 18.2 Å². The quantitative estimate of drug-likeness (QED) is 0.732. The molecule has 0 radical (unpaired) electrons. The molecule has 0 aliphatic rings. The van der Waals surface area contributed by atoms with Crippen molar-refractivity contribution in [3.8, 4) is 5.75 Å². The van der Waals surface area contributed by atoms with Crippen LogP contribution in [0.5, 0.6) is 5.75 Å². The number of anilines is 1. The zero-order chi connectivity index (χ0) is 17.2. The first-order valence-corrected chi connectivity index (χ1v) is 8.05. The van der Waals surface area contributed by atoms with Gasteiger partial charge in [-0.3, -0.25) is 9.59 Å². The van der Waals surface area contributed by atoms with Gasteiger partial charge in [-0.15, -0.1) is 0 Å². The van der Waals surface area contributed by atoms with E-state index in [2.05, 4.69) is 10.6 Å². The molecule has 0 unspecified atom stereocenters. The van der Waals surface area contributed by atoms with Crippen LogP contribution >= 0.6 is 0 Å². The number of carbonyl (C=O) groups excluding carboxylic acids is 2. The maximum absolute atomic E-state index is 11.9. The summed E-state index contributed by atoms with van der Waals surface area (Å²) in [4.78, 5) is 23.7. The van der Waals surface area contributed by atoms with Crippen LogP contribution in [0.2, 0.25) is 0 Å². The van der Waals surface area contributed by atoms with E-state index < -0.39 is 0 Å². The summed E-state index contributed by atoms with van der Waals surface area (Å²) in [5.41, 5.74) is 1.35. The summed E-state index contributed by atoms with van der Waals surface area (Å²) < 4.78 is 5.35. The lowest BCUT2D eigenvalue weighted by atomic mass is 10.2. The molecule has 0 heterocycles. The Morgan fingerprint density at radius 3 is 2.38 bits per heavy atom. The van der Waals surface area contributed by atoms with Crippen molar-refractivity contribution in [2.24, 2.45) is 0 Å². The normalized spacial score (nSPS) is 10.0. The molecule has 2 aromatic rings. The Bertz CT molecular complexity index is 654. The molecule has 0 aliphatic heterocycles. The van der Waals surface area contributed by atoms with E-state index in [1.165, 1.54) is 0 Å². The molecule has 2 rings (SSSR count). The topological polar surface area (TPSA) is 67.4 Å². The summed E-state index contributed by atoms with van der Waals surface area (Å²) in [5, 5.41) is 5.63. The number of benzene rings is 2. The molecule has 0 spiro atoms. The number of ether oxygens (including phenoxy) is 1. The van der Waals surface area contributed by atoms with E-state index in [4.69, 9.17) is 4.74 Å². The van der Waals surface area contributed by atoms with Crippen LogP contribution < -0.4 is 15.4 Å². The molecule has 0 aromatic heterocycles. The lowest BCUT2D eigenvalue weighted by Crippen LogP contribution is -2.25. The van der Waals surface area contributed by atoms with Crippen molar-refractivity contribution in [3.63, 3.8) is 0 Å². The molecule has 0 fully saturated rings. The molecule has 0 aliphatic carbocycles. The molecule has 0 atom stereocenters. The first-order chi connectivity index (χ1) is 11.7. The van der Waals surface area contributed by atoms with E-state index in [0.29, 0.717) is 31.6 Å². The Morgan fingerprint density at radius 2 is 1.71 bits per heavy atom. The van der Waals surface area contributed by atoms with Gasteiger partial charge in [0.15, 0.2) is 0 Å². The van der Waals surface area contributed by atoms with Crippen molar-refractivity contribution in [2.45, 2.75) is 19.8 Å². The second-order valence-corrected chi connectivity index (χ2v) is 5.23. The van der Waals surface area contributed by atoms with Gasteiger partial charge in [0.2, 0.25) is 5.91 Å². The Hall–Kier alpha value is -2.82. The van der Waals surface area contributed by atoms with Crippen LogP contribution in [0.15, 0.2) is 54.6 Å². The number of amides is 2. The summed E-state index contributed by atoms with van der Waals surface area (Å²) in [7, 11) is 0. The Balaban J connectivity index is 1.67. The minimum absolute atomic E-state index is 0.0758. The fraction of sp³-hybridized carbons (Fsp3) is 0.263. The third-order valence-corrected chi connectivity index (χ3v) is 3.35. The van der Waals surface area contributed by atoms with Gasteiger partial charge in [0.1, 0.15) is 5.75 Å². The zero-order valence-corrected chi connectivity index (χ0v) is 13.7. The van der Waals surface area contributed by atoms with Gasteiger partial charge in [0, 0.05) is 24.2 Å². The predicted octanol–water partition coefficient (Wildman–Crippen LogP) is 3.23. The Kier molecular flexibility index (Phi) is 6.83. The highest BCUT2D eigenvalue weighted by molar-refractivity contribution is 5.94. The molecule has 126 valence electrons. The van der Waals surface area contributed by atoms with Crippen LogP contribution in [0.25, 0.3) is 0 Å². The number of rotatable bonds is 8. The predicted molar refractivity (Wildman–Crippen MR) is 94.2 cm³/mol. The van der Waals surface area contributed by atoms with Gasteiger partial charge in [0.25, 0.3) is 5.91 Å². The Labute approximate surface area is 142 Å². The average molecular weight is 326 g/mol. The van der Waals surface area contributed by atoms with Crippen molar-refractivity contribution in [1.29, 1.82) is 0 Å². The van der Waals surface area contributed by atoms with Crippen LogP contribution in [0, 0.1) is 0 Å². The van der Waals surface area contributed by atoms with Gasteiger partial charge in [-0.2, -0.15) is 0 Å². The molecule has 2 aromatic carbocycles. The second-order valence-electron chi connectivity index (χ2n) is 5.23. The molecule has 5 heteroatoms. The number of carbonyl (C=O) groups is 2. The van der Waals surface area contributed by atoms with Gasteiger partial charge in [0.05, 0.1) is 6.61 Å². The van der Waals surface area contributed by atoms with Crippen LogP contribution in [-0.2, 0) is 4.79 Å². The SMILES string of the molecule is CCOc1ccc(NC(=O)CCCNC(=O)c2ccccc2)cc1. The Morgan fingerprint density at radius 1 is 1.00 bits per heavy atom. The third kappa shape index (κ3) is 5.76. The average Bonchev–Trinajstić information content (AvgIpc) is 2.61. The van der Waals surface area contributed by atoms with E-state index in [0.717, 1.165) is 11.4 Å². The standard InChI is InChI=1S/C19H22N2O3/c1-2-24-17-12-10-16(11-13-17)21-18(22)9-6-14-20-19(23)15-7-4-3-5-8-15/h3-5,7-8,10-13H,2,6,9,14H2,1H3,(H,20,23)(H,21,22). The van der Waals surface area contributed by atoms with Gasteiger partial charge in [-0.25, -0.2) is 0 Å². The van der Waals surface area contributed by atoms with E-state index >= 15 is 0 Å². The summed E-state index contributed by atoms with van der Waals surface area (Å²) in [6.45, 7) is 3.00.